The molecule has 0 saturated carbocycles. The van der Waals surface area contributed by atoms with E-state index in [2.05, 4.69) is 10.6 Å². The monoisotopic (exact) mass is 462 g/mol. The Bertz CT molecular complexity index is 1400. The quantitative estimate of drug-likeness (QED) is 0.395. The van der Waals surface area contributed by atoms with E-state index in [0.29, 0.717) is 39.0 Å². The summed E-state index contributed by atoms with van der Waals surface area (Å²) in [7, 11) is 1.51. The van der Waals surface area contributed by atoms with Gasteiger partial charge in [-0.05, 0) is 80.4 Å². The minimum absolute atomic E-state index is 0.0711. The number of carbonyl (C=O) groups excluding carboxylic acids is 2. The highest BCUT2D eigenvalue weighted by Crippen LogP contribution is 2.36. The Morgan fingerprint density at radius 2 is 1.44 bits per heavy atom. The standard InChI is InChI=1S/C27H24F2N2O3/c1-27(2,3)31-25(32)19-13-16(7-11-21(19)29)17-8-12-22-20(14-17)23(26(33)30-4)24(34-22)15-5-9-18(28)10-6-15/h5-14H,1-4H3,(H,30,33)(H,31,32). The Morgan fingerprint density at radius 3 is 2.09 bits per heavy atom. The lowest BCUT2D eigenvalue weighted by atomic mass is 9.98. The molecule has 0 saturated heterocycles. The number of hydrogen-bond donors (Lipinski definition) is 2. The molecule has 0 aliphatic carbocycles. The summed E-state index contributed by atoms with van der Waals surface area (Å²) in [5.74, 6) is -1.58. The van der Waals surface area contributed by atoms with Gasteiger partial charge in [0.25, 0.3) is 11.8 Å². The molecule has 0 aliphatic rings. The van der Waals surface area contributed by atoms with Gasteiger partial charge in [0.2, 0.25) is 0 Å². The third-order valence-electron chi connectivity index (χ3n) is 5.28. The molecule has 2 N–H and O–H groups in total. The Hall–Kier alpha value is -4.00. The van der Waals surface area contributed by atoms with Crippen LogP contribution >= 0.6 is 0 Å². The van der Waals surface area contributed by atoms with Gasteiger partial charge >= 0.3 is 0 Å². The summed E-state index contributed by atoms with van der Waals surface area (Å²) < 4.78 is 33.8. The second-order valence-electron chi connectivity index (χ2n) is 9.00. The van der Waals surface area contributed by atoms with Crippen molar-refractivity contribution in [2.75, 3.05) is 7.05 Å². The van der Waals surface area contributed by atoms with Crippen LogP contribution in [0.3, 0.4) is 0 Å². The van der Waals surface area contributed by atoms with Crippen molar-refractivity contribution in [1.29, 1.82) is 0 Å². The zero-order valence-electron chi connectivity index (χ0n) is 19.3. The van der Waals surface area contributed by atoms with Crippen LogP contribution in [0.1, 0.15) is 41.5 Å². The van der Waals surface area contributed by atoms with Gasteiger partial charge in [-0.25, -0.2) is 8.78 Å². The molecule has 0 unspecified atom stereocenters. The number of fused-ring (bicyclic) bond motifs is 1. The predicted molar refractivity (Wildman–Crippen MR) is 128 cm³/mol. The van der Waals surface area contributed by atoms with Gasteiger partial charge in [0, 0.05) is 23.5 Å². The first-order valence-corrected chi connectivity index (χ1v) is 10.7. The maximum absolute atomic E-state index is 14.4. The number of furan rings is 1. The third-order valence-corrected chi connectivity index (χ3v) is 5.28. The normalized spacial score (nSPS) is 11.5. The zero-order valence-corrected chi connectivity index (χ0v) is 19.3. The SMILES string of the molecule is CNC(=O)c1c(-c2ccc(F)cc2)oc2ccc(-c3ccc(F)c(C(=O)NC(C)(C)C)c3)cc12. The fourth-order valence-electron chi connectivity index (χ4n) is 3.72. The summed E-state index contributed by atoms with van der Waals surface area (Å²) >= 11 is 0. The van der Waals surface area contributed by atoms with E-state index in [1.165, 1.54) is 31.3 Å². The van der Waals surface area contributed by atoms with Crippen LogP contribution < -0.4 is 10.6 Å². The Balaban J connectivity index is 1.84. The summed E-state index contributed by atoms with van der Waals surface area (Å²) in [6.07, 6.45) is 0. The molecule has 4 aromatic rings. The Morgan fingerprint density at radius 1 is 0.824 bits per heavy atom. The number of benzene rings is 3. The highest BCUT2D eigenvalue weighted by molar-refractivity contribution is 6.11. The van der Waals surface area contributed by atoms with E-state index in [1.54, 1.807) is 36.4 Å². The summed E-state index contributed by atoms with van der Waals surface area (Å²) in [5, 5.41) is 5.93. The van der Waals surface area contributed by atoms with E-state index >= 15 is 0 Å². The molecule has 0 atom stereocenters. The minimum Gasteiger partial charge on any atom is -0.455 e. The largest absolute Gasteiger partial charge is 0.455 e. The average Bonchev–Trinajstić information content (AvgIpc) is 3.17. The van der Waals surface area contributed by atoms with Gasteiger partial charge < -0.3 is 15.1 Å². The van der Waals surface area contributed by atoms with Gasteiger partial charge in [0.05, 0.1) is 11.1 Å². The van der Waals surface area contributed by atoms with Crippen LogP contribution in [0.15, 0.2) is 65.1 Å². The highest BCUT2D eigenvalue weighted by atomic mass is 19.1. The van der Waals surface area contributed by atoms with Gasteiger partial charge in [-0.3, -0.25) is 9.59 Å². The van der Waals surface area contributed by atoms with Crippen molar-refractivity contribution in [3.8, 4) is 22.5 Å². The van der Waals surface area contributed by atoms with E-state index in [4.69, 9.17) is 4.42 Å². The van der Waals surface area contributed by atoms with Crippen molar-refractivity contribution in [2.24, 2.45) is 0 Å². The van der Waals surface area contributed by atoms with Gasteiger partial charge in [0.15, 0.2) is 0 Å². The molecule has 5 nitrogen and oxygen atoms in total. The van der Waals surface area contributed by atoms with Crippen LogP contribution in [0, 0.1) is 11.6 Å². The first-order valence-electron chi connectivity index (χ1n) is 10.7. The summed E-state index contributed by atoms with van der Waals surface area (Å²) in [6, 6.07) is 15.2. The lowest BCUT2D eigenvalue weighted by Crippen LogP contribution is -2.40. The van der Waals surface area contributed by atoms with Crippen LogP contribution in [-0.2, 0) is 0 Å². The summed E-state index contributed by atoms with van der Waals surface area (Å²) in [4.78, 5) is 25.4. The van der Waals surface area contributed by atoms with E-state index in [0.717, 1.165) is 0 Å². The van der Waals surface area contributed by atoms with E-state index in [1.807, 2.05) is 20.8 Å². The van der Waals surface area contributed by atoms with Crippen molar-refractivity contribution in [3.05, 3.63) is 83.4 Å². The first kappa shape index (κ1) is 23.2. The molecule has 3 aromatic carbocycles. The number of rotatable bonds is 4. The van der Waals surface area contributed by atoms with Crippen LogP contribution in [-0.4, -0.2) is 24.4 Å². The number of carbonyl (C=O) groups is 2. The molecule has 0 fully saturated rings. The smallest absolute Gasteiger partial charge is 0.255 e. The Labute approximate surface area is 195 Å². The highest BCUT2D eigenvalue weighted by Gasteiger charge is 2.23. The molecule has 0 spiro atoms. The second-order valence-corrected chi connectivity index (χ2v) is 9.00. The number of hydrogen-bond acceptors (Lipinski definition) is 3. The average molecular weight is 462 g/mol. The van der Waals surface area contributed by atoms with E-state index < -0.39 is 23.1 Å². The molecule has 7 heteroatoms. The molecule has 4 rings (SSSR count). The molecular weight excluding hydrogens is 438 g/mol. The number of halogens is 2. The molecule has 0 bridgehead atoms. The van der Waals surface area contributed by atoms with Gasteiger partial charge in [-0.2, -0.15) is 0 Å². The molecule has 2 amide bonds. The van der Waals surface area contributed by atoms with Crippen molar-refractivity contribution in [1.82, 2.24) is 10.6 Å². The maximum atomic E-state index is 14.4. The minimum atomic E-state index is -0.625. The summed E-state index contributed by atoms with van der Waals surface area (Å²) in [5.41, 5.74) is 2.02. The topological polar surface area (TPSA) is 71.3 Å². The molecule has 174 valence electrons. The fraction of sp³-hybridized carbons (Fsp3) is 0.185. The van der Waals surface area contributed by atoms with Crippen molar-refractivity contribution >= 4 is 22.8 Å². The van der Waals surface area contributed by atoms with Gasteiger partial charge in [-0.1, -0.05) is 12.1 Å². The lowest BCUT2D eigenvalue weighted by molar-refractivity contribution is 0.0914. The van der Waals surface area contributed by atoms with E-state index in [-0.39, 0.29) is 11.5 Å². The molecule has 1 aromatic heterocycles. The third kappa shape index (κ3) is 4.55. The van der Waals surface area contributed by atoms with E-state index in [9.17, 15) is 18.4 Å². The lowest BCUT2D eigenvalue weighted by Gasteiger charge is -2.21. The van der Waals surface area contributed by atoms with Crippen molar-refractivity contribution < 1.29 is 22.8 Å². The van der Waals surface area contributed by atoms with Gasteiger partial charge in [-0.15, -0.1) is 0 Å². The van der Waals surface area contributed by atoms with Crippen LogP contribution in [0.2, 0.25) is 0 Å². The first-order chi connectivity index (χ1) is 16.1. The van der Waals surface area contributed by atoms with Crippen LogP contribution in [0.4, 0.5) is 8.78 Å². The number of nitrogens with one attached hydrogen (secondary N) is 2. The molecule has 1 heterocycles. The second kappa shape index (κ2) is 8.74. The van der Waals surface area contributed by atoms with Crippen LogP contribution in [0.25, 0.3) is 33.4 Å². The van der Waals surface area contributed by atoms with Crippen molar-refractivity contribution in [3.63, 3.8) is 0 Å². The summed E-state index contributed by atoms with van der Waals surface area (Å²) in [6.45, 7) is 5.45. The molecule has 34 heavy (non-hydrogen) atoms. The fourth-order valence-corrected chi connectivity index (χ4v) is 3.72. The predicted octanol–water partition coefficient (Wildman–Crippen LogP) is 5.93. The molecular formula is C27H24F2N2O3. The number of amides is 2. The Kier molecular flexibility index (Phi) is 5.96. The zero-order chi connectivity index (χ0) is 24.6. The maximum Gasteiger partial charge on any atom is 0.255 e. The van der Waals surface area contributed by atoms with Crippen molar-refractivity contribution in [2.45, 2.75) is 26.3 Å². The molecule has 0 radical (unpaired) electrons. The molecule has 0 aliphatic heterocycles. The van der Waals surface area contributed by atoms with Gasteiger partial charge in [0.1, 0.15) is 23.0 Å². The van der Waals surface area contributed by atoms with Crippen LogP contribution in [0.5, 0.6) is 0 Å².